The van der Waals surface area contributed by atoms with Crippen LogP contribution in [0.4, 0.5) is 0 Å². The summed E-state index contributed by atoms with van der Waals surface area (Å²) in [6.07, 6.45) is 5.32. The Morgan fingerprint density at radius 2 is 2.18 bits per heavy atom. The van der Waals surface area contributed by atoms with Gasteiger partial charge in [-0.05, 0) is 19.8 Å². The van der Waals surface area contributed by atoms with Crippen molar-refractivity contribution in [3.8, 4) is 0 Å². The summed E-state index contributed by atoms with van der Waals surface area (Å²) in [5, 5.41) is 4.01. The van der Waals surface area contributed by atoms with Crippen LogP contribution in [0.1, 0.15) is 59.3 Å². The molecule has 0 saturated carbocycles. The fraction of sp³-hybridized carbons (Fsp3) is 0.846. The van der Waals surface area contributed by atoms with Crippen molar-refractivity contribution in [1.29, 1.82) is 0 Å². The Balaban J connectivity index is 2.63. The molecule has 0 amide bonds. The number of carbonyl (C=O) groups is 1. The summed E-state index contributed by atoms with van der Waals surface area (Å²) >= 11 is 0. The van der Waals surface area contributed by atoms with Crippen molar-refractivity contribution in [3.63, 3.8) is 0 Å². The fourth-order valence-corrected chi connectivity index (χ4v) is 2.00. The lowest BCUT2D eigenvalue weighted by Gasteiger charge is -2.24. The normalized spacial score (nSPS) is 23.1. The van der Waals surface area contributed by atoms with Crippen molar-refractivity contribution in [3.05, 3.63) is 0 Å². The third-order valence-electron chi connectivity index (χ3n) is 3.08. The molecule has 0 aliphatic carbocycles. The third kappa shape index (κ3) is 3.45. The summed E-state index contributed by atoms with van der Waals surface area (Å²) in [7, 11) is 0. The van der Waals surface area contributed by atoms with Gasteiger partial charge >= 0.3 is 5.97 Å². The smallest absolute Gasteiger partial charge is 0.353 e. The first-order valence-electron chi connectivity index (χ1n) is 6.59. The zero-order valence-corrected chi connectivity index (χ0v) is 11.1. The number of rotatable bonds is 7. The zero-order chi connectivity index (χ0) is 12.7. The van der Waals surface area contributed by atoms with E-state index in [2.05, 4.69) is 12.1 Å². The number of esters is 1. The Bertz CT molecular complexity index is 288. The average molecular weight is 241 g/mol. The molecule has 1 aliphatic heterocycles. The highest BCUT2D eigenvalue weighted by atomic mass is 16.7. The first-order valence-corrected chi connectivity index (χ1v) is 6.59. The molecule has 4 heteroatoms. The molecule has 1 atom stereocenters. The molecular weight excluding hydrogens is 218 g/mol. The number of oxime groups is 1. The monoisotopic (exact) mass is 241 g/mol. The maximum absolute atomic E-state index is 12.0. The number of hydrogen-bond acceptors (Lipinski definition) is 4. The van der Waals surface area contributed by atoms with Gasteiger partial charge in [0.25, 0.3) is 0 Å². The van der Waals surface area contributed by atoms with Gasteiger partial charge in [0.15, 0.2) is 0 Å². The molecule has 0 fully saturated rings. The van der Waals surface area contributed by atoms with Gasteiger partial charge in [-0.1, -0.05) is 31.8 Å². The maximum Gasteiger partial charge on any atom is 0.353 e. The summed E-state index contributed by atoms with van der Waals surface area (Å²) < 4.78 is 5.12. The predicted octanol–water partition coefficient (Wildman–Crippen LogP) is 3.05. The average Bonchev–Trinajstić information content (AvgIpc) is 2.75. The molecule has 1 aliphatic rings. The van der Waals surface area contributed by atoms with Crippen LogP contribution in [0.2, 0.25) is 0 Å². The van der Waals surface area contributed by atoms with E-state index in [9.17, 15) is 4.79 Å². The van der Waals surface area contributed by atoms with Crippen LogP contribution in [0.3, 0.4) is 0 Å². The largest absolute Gasteiger partial charge is 0.463 e. The quantitative estimate of drug-likeness (QED) is 0.508. The van der Waals surface area contributed by atoms with Gasteiger partial charge in [0.2, 0.25) is 5.60 Å². The predicted molar refractivity (Wildman–Crippen MR) is 66.9 cm³/mol. The van der Waals surface area contributed by atoms with Gasteiger partial charge in [0.05, 0.1) is 12.3 Å². The molecule has 98 valence electrons. The molecule has 0 aromatic heterocycles. The van der Waals surface area contributed by atoms with Crippen LogP contribution in [-0.4, -0.2) is 23.9 Å². The van der Waals surface area contributed by atoms with Crippen molar-refractivity contribution in [1.82, 2.24) is 0 Å². The van der Waals surface area contributed by atoms with Crippen molar-refractivity contribution < 1.29 is 14.4 Å². The summed E-state index contributed by atoms with van der Waals surface area (Å²) in [4.78, 5) is 17.4. The lowest BCUT2D eigenvalue weighted by molar-refractivity contribution is -0.170. The van der Waals surface area contributed by atoms with E-state index >= 15 is 0 Å². The van der Waals surface area contributed by atoms with Crippen LogP contribution in [0.15, 0.2) is 5.16 Å². The summed E-state index contributed by atoms with van der Waals surface area (Å²) in [6.45, 7) is 6.36. The number of nitrogens with zero attached hydrogens (tertiary/aromatic N) is 1. The van der Waals surface area contributed by atoms with Gasteiger partial charge in [-0.15, -0.1) is 0 Å². The molecular formula is C13H23NO3. The van der Waals surface area contributed by atoms with Gasteiger partial charge in [-0.2, -0.15) is 0 Å². The lowest BCUT2D eigenvalue weighted by Crippen LogP contribution is -2.40. The number of hydrogen-bond donors (Lipinski definition) is 0. The second-order valence-corrected chi connectivity index (χ2v) is 4.45. The number of unbranched alkanes of at least 4 members (excludes halogenated alkanes) is 2. The van der Waals surface area contributed by atoms with Crippen molar-refractivity contribution >= 4 is 11.7 Å². The van der Waals surface area contributed by atoms with Crippen LogP contribution in [0.5, 0.6) is 0 Å². The van der Waals surface area contributed by atoms with E-state index in [4.69, 9.17) is 9.57 Å². The molecule has 0 spiro atoms. The van der Waals surface area contributed by atoms with Gasteiger partial charge in [-0.3, -0.25) is 0 Å². The molecule has 0 saturated heterocycles. The minimum Gasteiger partial charge on any atom is -0.463 e. The van der Waals surface area contributed by atoms with Crippen molar-refractivity contribution in [2.24, 2.45) is 5.16 Å². The fourth-order valence-electron chi connectivity index (χ4n) is 2.00. The van der Waals surface area contributed by atoms with Gasteiger partial charge < -0.3 is 9.57 Å². The Hall–Kier alpha value is -1.06. The van der Waals surface area contributed by atoms with Crippen LogP contribution in [0, 0.1) is 0 Å². The molecule has 1 unspecified atom stereocenters. The molecule has 0 aromatic rings. The Morgan fingerprint density at radius 3 is 2.71 bits per heavy atom. The first-order chi connectivity index (χ1) is 8.18. The SMILES string of the molecule is CCCCCC1(C(=O)OCC)CC(CC)=NO1. The molecule has 1 heterocycles. The van der Waals surface area contributed by atoms with E-state index in [1.54, 1.807) is 0 Å². The van der Waals surface area contributed by atoms with E-state index in [-0.39, 0.29) is 5.97 Å². The number of ether oxygens (including phenoxy) is 1. The van der Waals surface area contributed by atoms with Crippen LogP contribution < -0.4 is 0 Å². The Morgan fingerprint density at radius 1 is 1.41 bits per heavy atom. The summed E-state index contributed by atoms with van der Waals surface area (Å²) in [6, 6.07) is 0. The number of carbonyl (C=O) groups excluding carboxylic acids is 1. The minimum atomic E-state index is -0.837. The highest BCUT2D eigenvalue weighted by Gasteiger charge is 2.46. The molecule has 1 rings (SSSR count). The second kappa shape index (κ2) is 6.62. The standard InChI is InChI=1S/C13H23NO3/c1-4-7-8-9-13(12(15)16-6-3)10-11(5-2)14-17-13/h4-10H2,1-3H3. The Kier molecular flexibility index (Phi) is 5.45. The molecule has 0 N–H and O–H groups in total. The van der Waals surface area contributed by atoms with E-state index in [0.29, 0.717) is 19.4 Å². The minimum absolute atomic E-state index is 0.261. The van der Waals surface area contributed by atoms with E-state index in [0.717, 1.165) is 31.4 Å². The Labute approximate surface area is 103 Å². The van der Waals surface area contributed by atoms with Gasteiger partial charge in [0.1, 0.15) is 0 Å². The van der Waals surface area contributed by atoms with Crippen molar-refractivity contribution in [2.45, 2.75) is 64.9 Å². The second-order valence-electron chi connectivity index (χ2n) is 4.45. The lowest BCUT2D eigenvalue weighted by atomic mass is 9.90. The van der Waals surface area contributed by atoms with Gasteiger partial charge in [0, 0.05) is 12.8 Å². The molecule has 0 radical (unpaired) electrons. The van der Waals surface area contributed by atoms with E-state index in [1.165, 1.54) is 0 Å². The topological polar surface area (TPSA) is 47.9 Å². The van der Waals surface area contributed by atoms with Gasteiger partial charge in [-0.25, -0.2) is 4.79 Å². The highest BCUT2D eigenvalue weighted by Crippen LogP contribution is 2.32. The summed E-state index contributed by atoms with van der Waals surface area (Å²) in [5.74, 6) is -0.261. The first kappa shape index (κ1) is 14.0. The molecule has 17 heavy (non-hydrogen) atoms. The highest BCUT2D eigenvalue weighted by molar-refractivity contribution is 5.93. The van der Waals surface area contributed by atoms with E-state index < -0.39 is 5.60 Å². The zero-order valence-electron chi connectivity index (χ0n) is 11.1. The maximum atomic E-state index is 12.0. The summed E-state index contributed by atoms with van der Waals surface area (Å²) in [5.41, 5.74) is 0.117. The van der Waals surface area contributed by atoms with Crippen LogP contribution in [0.25, 0.3) is 0 Å². The molecule has 0 bridgehead atoms. The third-order valence-corrected chi connectivity index (χ3v) is 3.08. The van der Waals surface area contributed by atoms with Crippen LogP contribution in [-0.2, 0) is 14.4 Å². The molecule has 4 nitrogen and oxygen atoms in total. The van der Waals surface area contributed by atoms with Crippen LogP contribution >= 0.6 is 0 Å². The van der Waals surface area contributed by atoms with E-state index in [1.807, 2.05) is 13.8 Å². The van der Waals surface area contributed by atoms with Crippen molar-refractivity contribution in [2.75, 3.05) is 6.61 Å². The molecule has 0 aromatic carbocycles.